The third kappa shape index (κ3) is 0.923. The molecule has 0 aliphatic heterocycles. The Kier molecular flexibility index (Phi) is 1.25. The van der Waals surface area contributed by atoms with Gasteiger partial charge >= 0.3 is 0 Å². The zero-order valence-corrected chi connectivity index (χ0v) is 5.78. The molecular weight excluding hydrogens is 140 g/mol. The number of fused-ring (bicyclic) bond motifs is 1. The molecule has 54 valence electrons. The fourth-order valence-corrected chi connectivity index (χ4v) is 1.18. The van der Waals surface area contributed by atoms with Crippen molar-refractivity contribution in [2.45, 2.75) is 0 Å². The Hall–Kier alpha value is -1.57. The van der Waals surface area contributed by atoms with Crippen molar-refractivity contribution in [1.29, 1.82) is 0 Å². The molecule has 0 aromatic rings. The minimum Gasteiger partial charge on any atom is -0.429 e. The van der Waals surface area contributed by atoms with Gasteiger partial charge in [0, 0.05) is 0 Å². The van der Waals surface area contributed by atoms with Crippen molar-refractivity contribution < 1.29 is 9.53 Å². The molecule has 0 amide bonds. The monoisotopic (exact) mass is 146 g/mol. The Labute approximate surface area is 64.2 Å². The average molecular weight is 146 g/mol. The summed E-state index contributed by atoms with van der Waals surface area (Å²) >= 11 is 0. The van der Waals surface area contributed by atoms with Gasteiger partial charge in [-0.15, -0.1) is 0 Å². The standard InChI is InChI=1S/C9H6O2/c10-6-11-9-4-7-2-1-3-8(7)5-9/h1-6H. The van der Waals surface area contributed by atoms with E-state index in [9.17, 15) is 4.79 Å². The summed E-state index contributed by atoms with van der Waals surface area (Å²) in [6.07, 6.45) is 9.60. The zero-order chi connectivity index (χ0) is 7.68. The second kappa shape index (κ2) is 2.23. The van der Waals surface area contributed by atoms with Crippen molar-refractivity contribution in [3.8, 4) is 0 Å². The van der Waals surface area contributed by atoms with E-state index in [0.29, 0.717) is 12.2 Å². The molecule has 0 saturated heterocycles. The van der Waals surface area contributed by atoms with E-state index >= 15 is 0 Å². The first-order valence-electron chi connectivity index (χ1n) is 3.32. The molecule has 2 nitrogen and oxygen atoms in total. The second-order valence-corrected chi connectivity index (χ2v) is 2.34. The van der Waals surface area contributed by atoms with Gasteiger partial charge in [-0.3, -0.25) is 4.79 Å². The molecule has 0 fully saturated rings. The maximum Gasteiger partial charge on any atom is 0.298 e. The molecule has 0 radical (unpaired) electrons. The second-order valence-electron chi connectivity index (χ2n) is 2.34. The van der Waals surface area contributed by atoms with Crippen LogP contribution in [0.4, 0.5) is 0 Å². The van der Waals surface area contributed by atoms with E-state index in [1.54, 1.807) is 0 Å². The van der Waals surface area contributed by atoms with Gasteiger partial charge in [-0.25, -0.2) is 0 Å². The van der Waals surface area contributed by atoms with Crippen molar-refractivity contribution in [3.05, 3.63) is 47.3 Å². The number of hydrogen-bond acceptors (Lipinski definition) is 2. The Morgan fingerprint density at radius 2 is 2.18 bits per heavy atom. The fraction of sp³-hybridized carbons (Fsp3) is 0. The largest absolute Gasteiger partial charge is 0.429 e. The number of carbonyl (C=O) groups excluding carboxylic acids is 1. The molecular formula is C9H6O2. The van der Waals surface area contributed by atoms with Gasteiger partial charge in [0.15, 0.2) is 0 Å². The van der Waals surface area contributed by atoms with Gasteiger partial charge in [0.05, 0.1) is 0 Å². The Morgan fingerprint density at radius 3 is 2.91 bits per heavy atom. The van der Waals surface area contributed by atoms with E-state index in [-0.39, 0.29) is 0 Å². The summed E-state index contributed by atoms with van der Waals surface area (Å²) < 4.78 is 4.67. The predicted molar refractivity (Wildman–Crippen MR) is 40.5 cm³/mol. The van der Waals surface area contributed by atoms with Crippen LogP contribution in [0.1, 0.15) is 0 Å². The highest BCUT2D eigenvalue weighted by Crippen LogP contribution is 2.28. The van der Waals surface area contributed by atoms with Crippen molar-refractivity contribution in [1.82, 2.24) is 0 Å². The molecule has 0 unspecified atom stereocenters. The van der Waals surface area contributed by atoms with Gasteiger partial charge in [-0.05, 0) is 23.3 Å². The van der Waals surface area contributed by atoms with Gasteiger partial charge < -0.3 is 4.74 Å². The maximum absolute atomic E-state index is 9.95. The minimum absolute atomic E-state index is 0.439. The van der Waals surface area contributed by atoms with Crippen molar-refractivity contribution in [2.75, 3.05) is 0 Å². The molecule has 11 heavy (non-hydrogen) atoms. The Bertz CT molecular complexity index is 316. The molecule has 0 aromatic heterocycles. The molecule has 0 N–H and O–H groups in total. The number of hydrogen-bond donors (Lipinski definition) is 0. The zero-order valence-electron chi connectivity index (χ0n) is 5.78. The molecule has 0 aromatic carbocycles. The van der Waals surface area contributed by atoms with E-state index < -0.39 is 0 Å². The van der Waals surface area contributed by atoms with Crippen molar-refractivity contribution >= 4 is 6.47 Å². The van der Waals surface area contributed by atoms with Crippen LogP contribution in [0.25, 0.3) is 0 Å². The molecule has 2 aliphatic rings. The van der Waals surface area contributed by atoms with E-state index in [4.69, 9.17) is 0 Å². The summed E-state index contributed by atoms with van der Waals surface area (Å²) in [7, 11) is 0. The first-order valence-corrected chi connectivity index (χ1v) is 3.32. The average Bonchev–Trinajstić information content (AvgIpc) is 2.46. The van der Waals surface area contributed by atoms with Crippen molar-refractivity contribution in [2.24, 2.45) is 0 Å². The predicted octanol–water partition coefficient (Wildman–Crippen LogP) is 1.48. The summed E-state index contributed by atoms with van der Waals surface area (Å²) in [5, 5.41) is 0. The third-order valence-electron chi connectivity index (χ3n) is 1.66. The van der Waals surface area contributed by atoms with Crippen LogP contribution < -0.4 is 0 Å². The van der Waals surface area contributed by atoms with Crippen LogP contribution in [0, 0.1) is 0 Å². The van der Waals surface area contributed by atoms with Gasteiger partial charge in [0.25, 0.3) is 6.47 Å². The molecule has 0 heterocycles. The molecule has 2 rings (SSSR count). The Morgan fingerprint density at radius 1 is 1.27 bits per heavy atom. The lowest BCUT2D eigenvalue weighted by molar-refractivity contribution is -0.124. The van der Waals surface area contributed by atoms with Crippen molar-refractivity contribution in [3.63, 3.8) is 0 Å². The lowest BCUT2D eigenvalue weighted by atomic mass is 10.2. The smallest absolute Gasteiger partial charge is 0.298 e. The highest BCUT2D eigenvalue weighted by atomic mass is 16.5. The molecule has 2 aliphatic carbocycles. The van der Waals surface area contributed by atoms with E-state index in [1.807, 2.05) is 30.4 Å². The third-order valence-corrected chi connectivity index (χ3v) is 1.66. The normalized spacial score (nSPS) is 18.7. The maximum atomic E-state index is 9.95. The van der Waals surface area contributed by atoms with Crippen LogP contribution in [0.2, 0.25) is 0 Å². The van der Waals surface area contributed by atoms with E-state index in [0.717, 1.165) is 11.1 Å². The lowest BCUT2D eigenvalue weighted by Crippen LogP contribution is -1.81. The molecule has 0 spiro atoms. The van der Waals surface area contributed by atoms with Gasteiger partial charge in [0.2, 0.25) is 0 Å². The lowest BCUT2D eigenvalue weighted by Gasteiger charge is -1.89. The number of carbonyl (C=O) groups is 1. The summed E-state index contributed by atoms with van der Waals surface area (Å²) in [5.74, 6) is 0.616. The SMILES string of the molecule is O=COC1=CC2=CC=CC2=C1. The summed E-state index contributed by atoms with van der Waals surface area (Å²) in [5.41, 5.74) is 2.23. The van der Waals surface area contributed by atoms with E-state index in [2.05, 4.69) is 4.74 Å². The summed E-state index contributed by atoms with van der Waals surface area (Å²) in [6, 6.07) is 0. The van der Waals surface area contributed by atoms with Gasteiger partial charge in [-0.2, -0.15) is 0 Å². The summed E-state index contributed by atoms with van der Waals surface area (Å²) in [6.45, 7) is 0.439. The van der Waals surface area contributed by atoms with E-state index in [1.165, 1.54) is 0 Å². The van der Waals surface area contributed by atoms with Crippen LogP contribution in [0.3, 0.4) is 0 Å². The highest BCUT2D eigenvalue weighted by molar-refractivity contribution is 5.62. The van der Waals surface area contributed by atoms with Gasteiger partial charge in [0.1, 0.15) is 5.76 Å². The fourth-order valence-electron chi connectivity index (χ4n) is 1.18. The quantitative estimate of drug-likeness (QED) is 0.551. The van der Waals surface area contributed by atoms with Crippen LogP contribution >= 0.6 is 0 Å². The minimum atomic E-state index is 0.439. The summed E-state index contributed by atoms with van der Waals surface area (Å²) in [4.78, 5) is 9.95. The van der Waals surface area contributed by atoms with Gasteiger partial charge in [-0.1, -0.05) is 18.2 Å². The van der Waals surface area contributed by atoms with Crippen LogP contribution in [0.5, 0.6) is 0 Å². The first kappa shape index (κ1) is 6.16. The molecule has 0 atom stereocenters. The molecule has 2 heteroatoms. The van der Waals surface area contributed by atoms with Crippen LogP contribution in [-0.4, -0.2) is 6.47 Å². The highest BCUT2D eigenvalue weighted by Gasteiger charge is 2.12. The number of rotatable bonds is 2. The number of allylic oxidation sites excluding steroid dienone is 7. The first-order chi connectivity index (χ1) is 5.40. The topological polar surface area (TPSA) is 26.3 Å². The number of ether oxygens (including phenoxy) is 1. The van der Waals surface area contributed by atoms with Crippen LogP contribution in [0.15, 0.2) is 47.3 Å². The molecule has 0 bridgehead atoms. The Balaban J connectivity index is 2.26. The van der Waals surface area contributed by atoms with Crippen LogP contribution in [-0.2, 0) is 9.53 Å². The molecule has 0 saturated carbocycles.